The Labute approximate surface area is 168 Å². The first-order valence-corrected chi connectivity index (χ1v) is 10.5. The molecule has 0 radical (unpaired) electrons. The summed E-state index contributed by atoms with van der Waals surface area (Å²) >= 11 is 0. The van der Waals surface area contributed by atoms with Crippen LogP contribution in [-0.2, 0) is 11.2 Å². The van der Waals surface area contributed by atoms with E-state index < -0.39 is 0 Å². The van der Waals surface area contributed by atoms with Crippen LogP contribution in [-0.4, -0.2) is 51.2 Å². The number of anilines is 1. The summed E-state index contributed by atoms with van der Waals surface area (Å²) in [5.74, 6) is 0.285. The molecule has 0 aromatic heterocycles. The fourth-order valence-corrected chi connectivity index (χ4v) is 4.46. The molecule has 0 spiro atoms. The molecule has 2 aliphatic heterocycles. The van der Waals surface area contributed by atoms with Gasteiger partial charge in [0.05, 0.1) is 6.54 Å². The number of hydrogen-bond donors (Lipinski definition) is 2. The molecule has 0 bridgehead atoms. The van der Waals surface area contributed by atoms with Gasteiger partial charge in [-0.3, -0.25) is 4.79 Å². The van der Waals surface area contributed by atoms with Crippen LogP contribution in [0.3, 0.4) is 0 Å². The van der Waals surface area contributed by atoms with Gasteiger partial charge in [-0.15, -0.1) is 0 Å². The van der Waals surface area contributed by atoms with Gasteiger partial charge in [-0.2, -0.15) is 0 Å². The second-order valence-electron chi connectivity index (χ2n) is 8.02. The summed E-state index contributed by atoms with van der Waals surface area (Å²) in [6.07, 6.45) is 5.48. The number of amides is 1. The van der Waals surface area contributed by atoms with Gasteiger partial charge < -0.3 is 14.7 Å². The number of carbonyl (C=O) groups is 1. The topological polar surface area (TPSA) is 29.2 Å². The quantitative estimate of drug-likeness (QED) is 0.779. The van der Waals surface area contributed by atoms with Crippen molar-refractivity contribution in [2.75, 3.05) is 44.2 Å². The van der Waals surface area contributed by atoms with E-state index in [1.807, 2.05) is 17.0 Å². The maximum Gasteiger partial charge on any atom is 0.284 e. The van der Waals surface area contributed by atoms with Crippen LogP contribution >= 0.6 is 0 Å². The fraction of sp³-hybridized carbons (Fsp3) is 0.375. The van der Waals surface area contributed by atoms with Gasteiger partial charge in [-0.25, -0.2) is 0 Å². The third-order valence-corrected chi connectivity index (χ3v) is 6.25. The van der Waals surface area contributed by atoms with Gasteiger partial charge in [0.15, 0.2) is 6.04 Å². The Hall–Kier alpha value is -2.43. The molecule has 2 aromatic rings. The summed E-state index contributed by atoms with van der Waals surface area (Å²) < 4.78 is 0. The Balaban J connectivity index is 1.28. The molecule has 1 saturated heterocycles. The minimum absolute atomic E-state index is 0.0348. The minimum Gasteiger partial charge on any atom is -0.322 e. The lowest BCUT2D eigenvalue weighted by atomic mass is 10.1. The molecule has 4 rings (SSSR count). The number of fused-ring (bicyclic) bond motifs is 1. The monoisotopic (exact) mass is 377 g/mol. The third-order valence-electron chi connectivity index (χ3n) is 6.25. The van der Waals surface area contributed by atoms with Crippen LogP contribution in [0.1, 0.15) is 18.1 Å². The maximum atomic E-state index is 13.1. The normalized spacial score (nSPS) is 23.0. The summed E-state index contributed by atoms with van der Waals surface area (Å²) in [5.41, 5.74) is 3.68. The largest absolute Gasteiger partial charge is 0.322 e. The minimum atomic E-state index is 0.0348. The Morgan fingerprint density at radius 1 is 1.04 bits per heavy atom. The molecule has 4 nitrogen and oxygen atoms in total. The number of nitrogens with one attached hydrogen (secondary N) is 2. The molecule has 2 aliphatic rings. The molecule has 28 heavy (non-hydrogen) atoms. The van der Waals surface area contributed by atoms with Gasteiger partial charge >= 0.3 is 0 Å². The zero-order valence-electron chi connectivity index (χ0n) is 16.7. The second kappa shape index (κ2) is 8.72. The molecule has 2 heterocycles. The Bertz CT molecular complexity index is 825. The lowest BCUT2D eigenvalue weighted by Crippen LogP contribution is -3.30. The van der Waals surface area contributed by atoms with E-state index >= 15 is 0 Å². The lowest BCUT2D eigenvalue weighted by molar-refractivity contribution is -1.02. The molecule has 146 valence electrons. The highest BCUT2D eigenvalue weighted by molar-refractivity contribution is 5.97. The van der Waals surface area contributed by atoms with Crippen LogP contribution < -0.4 is 14.7 Å². The van der Waals surface area contributed by atoms with Gasteiger partial charge in [0.1, 0.15) is 26.2 Å². The number of nitrogens with zero attached hydrogens (tertiary/aromatic N) is 1. The lowest BCUT2D eigenvalue weighted by Gasteiger charge is -2.33. The average molecular weight is 378 g/mol. The molecular formula is C24H31N3O+2. The molecule has 1 atom stereocenters. The van der Waals surface area contributed by atoms with Crippen molar-refractivity contribution < 1.29 is 14.6 Å². The Morgan fingerprint density at radius 2 is 1.75 bits per heavy atom. The zero-order valence-corrected chi connectivity index (χ0v) is 16.7. The van der Waals surface area contributed by atoms with Crippen molar-refractivity contribution in [1.29, 1.82) is 0 Å². The molecule has 0 unspecified atom stereocenters. The van der Waals surface area contributed by atoms with Crippen molar-refractivity contribution in [3.63, 3.8) is 0 Å². The van der Waals surface area contributed by atoms with Crippen molar-refractivity contribution in [1.82, 2.24) is 0 Å². The van der Waals surface area contributed by atoms with Gasteiger partial charge in [0.25, 0.3) is 5.91 Å². The van der Waals surface area contributed by atoms with Crippen LogP contribution in [0.15, 0.2) is 60.7 Å². The molecular weight excluding hydrogens is 346 g/mol. The van der Waals surface area contributed by atoms with Gasteiger partial charge in [-0.05, 0) is 36.6 Å². The van der Waals surface area contributed by atoms with Crippen molar-refractivity contribution in [2.45, 2.75) is 19.4 Å². The fourth-order valence-electron chi connectivity index (χ4n) is 4.46. The number of para-hydroxylation sites is 1. The second-order valence-corrected chi connectivity index (χ2v) is 8.02. The van der Waals surface area contributed by atoms with Gasteiger partial charge in [-0.1, -0.05) is 54.6 Å². The molecule has 1 fully saturated rings. The van der Waals surface area contributed by atoms with Gasteiger partial charge in [0.2, 0.25) is 0 Å². The van der Waals surface area contributed by atoms with Crippen molar-refractivity contribution >= 4 is 17.7 Å². The number of rotatable bonds is 5. The predicted molar refractivity (Wildman–Crippen MR) is 114 cm³/mol. The number of hydrogen-bond acceptors (Lipinski definition) is 1. The zero-order chi connectivity index (χ0) is 19.3. The van der Waals surface area contributed by atoms with E-state index in [4.69, 9.17) is 0 Å². The summed E-state index contributed by atoms with van der Waals surface area (Å²) in [6.45, 7) is 8.39. The number of quaternary nitrogens is 2. The first kappa shape index (κ1) is 18.9. The Kier molecular flexibility index (Phi) is 5.89. The highest BCUT2D eigenvalue weighted by Gasteiger charge is 2.35. The van der Waals surface area contributed by atoms with Crippen LogP contribution in [0.25, 0.3) is 6.08 Å². The standard InChI is InChI=1S/C24H29N3O/c1-20(24(28)27-15-13-22-11-5-6-12-23(22)27)26-18-16-25(17-19-26)14-7-10-21-8-3-2-4-9-21/h2-12,20H,13-19H2,1H3/p+2/b10-7+/t20-/m1/s1. The summed E-state index contributed by atoms with van der Waals surface area (Å²) in [4.78, 5) is 18.2. The molecule has 1 amide bonds. The van der Waals surface area contributed by atoms with Crippen molar-refractivity contribution in [2.24, 2.45) is 0 Å². The average Bonchev–Trinajstić information content (AvgIpc) is 3.18. The van der Waals surface area contributed by atoms with Crippen LogP contribution in [0.5, 0.6) is 0 Å². The number of piperazine rings is 1. The van der Waals surface area contributed by atoms with E-state index in [-0.39, 0.29) is 11.9 Å². The molecule has 2 N–H and O–H groups in total. The van der Waals surface area contributed by atoms with Crippen LogP contribution in [0.4, 0.5) is 5.69 Å². The highest BCUT2D eigenvalue weighted by Crippen LogP contribution is 2.27. The number of benzene rings is 2. The smallest absolute Gasteiger partial charge is 0.284 e. The summed E-state index contributed by atoms with van der Waals surface area (Å²) in [5, 5.41) is 0. The van der Waals surface area contributed by atoms with E-state index in [2.05, 4.69) is 61.5 Å². The van der Waals surface area contributed by atoms with E-state index in [0.717, 1.165) is 51.4 Å². The predicted octanol–water partition coefficient (Wildman–Crippen LogP) is 0.461. The highest BCUT2D eigenvalue weighted by atomic mass is 16.2. The van der Waals surface area contributed by atoms with E-state index in [0.29, 0.717) is 0 Å². The van der Waals surface area contributed by atoms with Gasteiger partial charge in [0, 0.05) is 12.2 Å². The van der Waals surface area contributed by atoms with Crippen LogP contribution in [0, 0.1) is 0 Å². The first-order valence-electron chi connectivity index (χ1n) is 10.5. The molecule has 2 aromatic carbocycles. The Morgan fingerprint density at radius 3 is 2.54 bits per heavy atom. The first-order chi connectivity index (χ1) is 13.7. The van der Waals surface area contributed by atoms with E-state index in [1.54, 1.807) is 4.90 Å². The molecule has 4 heteroatoms. The van der Waals surface area contributed by atoms with E-state index in [1.165, 1.54) is 16.0 Å². The summed E-state index contributed by atoms with van der Waals surface area (Å²) in [6, 6.07) is 18.8. The molecule has 0 saturated carbocycles. The molecule has 0 aliphatic carbocycles. The number of carbonyl (C=O) groups excluding carboxylic acids is 1. The maximum absolute atomic E-state index is 13.1. The van der Waals surface area contributed by atoms with Crippen molar-refractivity contribution in [3.05, 3.63) is 71.8 Å². The summed E-state index contributed by atoms with van der Waals surface area (Å²) in [7, 11) is 0. The van der Waals surface area contributed by atoms with E-state index in [9.17, 15) is 4.79 Å². The van der Waals surface area contributed by atoms with Crippen molar-refractivity contribution in [3.8, 4) is 0 Å². The third kappa shape index (κ3) is 4.18. The van der Waals surface area contributed by atoms with Crippen LogP contribution in [0.2, 0.25) is 0 Å². The SMILES string of the molecule is C[C@H](C(=O)N1CCc2ccccc21)[NH+]1CC[NH+](C/C=C/c2ccccc2)CC1.